The van der Waals surface area contributed by atoms with Gasteiger partial charge in [-0.3, -0.25) is 9.48 Å². The quantitative estimate of drug-likeness (QED) is 0.794. The Bertz CT molecular complexity index is 667. The standard InChI is InChI=1S/C14H13BrF2N2O/c1-3-19-11(13(15)8(2)18-19)7-12(20)9-5-4-6-10(16)14(9)17/h4-6H,3,7H2,1-2H3. The van der Waals surface area contributed by atoms with Crippen molar-refractivity contribution in [1.29, 1.82) is 0 Å². The zero-order valence-corrected chi connectivity index (χ0v) is 12.7. The number of aryl methyl sites for hydroxylation is 2. The fraction of sp³-hybridized carbons (Fsp3) is 0.286. The Balaban J connectivity index is 2.35. The predicted octanol–water partition coefficient (Wildman–Crippen LogP) is 3.68. The molecule has 0 bridgehead atoms. The van der Waals surface area contributed by atoms with E-state index < -0.39 is 17.4 Å². The van der Waals surface area contributed by atoms with E-state index in [4.69, 9.17) is 0 Å². The number of carbonyl (C=O) groups is 1. The first kappa shape index (κ1) is 14.8. The summed E-state index contributed by atoms with van der Waals surface area (Å²) in [6.07, 6.45) is -0.0321. The van der Waals surface area contributed by atoms with Gasteiger partial charge in [0.15, 0.2) is 17.4 Å². The SMILES string of the molecule is CCn1nc(C)c(Br)c1CC(=O)c1cccc(F)c1F. The molecule has 2 aromatic rings. The van der Waals surface area contributed by atoms with E-state index in [0.29, 0.717) is 12.2 Å². The highest BCUT2D eigenvalue weighted by atomic mass is 79.9. The summed E-state index contributed by atoms with van der Waals surface area (Å²) in [6, 6.07) is 3.60. The maximum atomic E-state index is 13.6. The van der Waals surface area contributed by atoms with E-state index in [0.717, 1.165) is 16.2 Å². The average molecular weight is 343 g/mol. The van der Waals surface area contributed by atoms with Gasteiger partial charge < -0.3 is 0 Å². The van der Waals surface area contributed by atoms with Crippen LogP contribution in [-0.2, 0) is 13.0 Å². The second-order valence-corrected chi connectivity index (χ2v) is 5.16. The summed E-state index contributed by atoms with van der Waals surface area (Å²) in [7, 11) is 0. The van der Waals surface area contributed by atoms with Crippen molar-refractivity contribution in [1.82, 2.24) is 9.78 Å². The topological polar surface area (TPSA) is 34.9 Å². The second-order valence-electron chi connectivity index (χ2n) is 4.36. The molecule has 0 spiro atoms. The molecular formula is C14H13BrF2N2O. The van der Waals surface area contributed by atoms with Crippen LogP contribution in [0.4, 0.5) is 8.78 Å². The van der Waals surface area contributed by atoms with E-state index in [2.05, 4.69) is 21.0 Å². The number of carbonyl (C=O) groups excluding carboxylic acids is 1. The first-order valence-corrected chi connectivity index (χ1v) is 6.94. The molecule has 106 valence electrons. The number of nitrogens with zero attached hydrogens (tertiary/aromatic N) is 2. The summed E-state index contributed by atoms with van der Waals surface area (Å²) in [4.78, 5) is 12.1. The first-order chi connectivity index (χ1) is 9.45. The summed E-state index contributed by atoms with van der Waals surface area (Å²) >= 11 is 3.37. The van der Waals surface area contributed by atoms with E-state index in [1.165, 1.54) is 12.1 Å². The Labute approximate surface area is 123 Å². The van der Waals surface area contributed by atoms with Gasteiger partial charge in [-0.05, 0) is 41.9 Å². The van der Waals surface area contributed by atoms with Gasteiger partial charge in [-0.25, -0.2) is 8.78 Å². The van der Waals surface area contributed by atoms with E-state index in [-0.39, 0.29) is 12.0 Å². The molecule has 0 aliphatic carbocycles. The molecule has 2 rings (SSSR count). The molecule has 0 amide bonds. The van der Waals surface area contributed by atoms with E-state index in [9.17, 15) is 13.6 Å². The zero-order chi connectivity index (χ0) is 14.9. The lowest BCUT2D eigenvalue weighted by Gasteiger charge is -2.06. The normalized spacial score (nSPS) is 10.8. The highest BCUT2D eigenvalue weighted by Crippen LogP contribution is 2.23. The number of ketones is 1. The molecule has 0 radical (unpaired) electrons. The Kier molecular flexibility index (Phi) is 4.32. The van der Waals surface area contributed by atoms with Gasteiger partial charge in [0.25, 0.3) is 0 Å². The van der Waals surface area contributed by atoms with Crippen molar-refractivity contribution in [3.05, 3.63) is 51.3 Å². The molecule has 0 N–H and O–H groups in total. The third-order valence-electron chi connectivity index (χ3n) is 3.03. The van der Waals surface area contributed by atoms with Crippen LogP contribution in [0, 0.1) is 18.6 Å². The maximum absolute atomic E-state index is 13.6. The third-order valence-corrected chi connectivity index (χ3v) is 4.06. The molecule has 0 unspecified atom stereocenters. The summed E-state index contributed by atoms with van der Waals surface area (Å²) in [5.41, 5.74) is 1.19. The molecule has 0 saturated carbocycles. The van der Waals surface area contributed by atoms with Crippen molar-refractivity contribution in [2.45, 2.75) is 26.8 Å². The van der Waals surface area contributed by atoms with Crippen LogP contribution in [0.5, 0.6) is 0 Å². The van der Waals surface area contributed by atoms with Crippen LogP contribution in [0.3, 0.4) is 0 Å². The average Bonchev–Trinajstić information content (AvgIpc) is 2.69. The van der Waals surface area contributed by atoms with Gasteiger partial charge in [0, 0.05) is 6.54 Å². The van der Waals surface area contributed by atoms with Crippen molar-refractivity contribution < 1.29 is 13.6 Å². The highest BCUT2D eigenvalue weighted by molar-refractivity contribution is 9.10. The lowest BCUT2D eigenvalue weighted by molar-refractivity contribution is 0.0985. The molecule has 0 aliphatic rings. The molecule has 0 fully saturated rings. The Morgan fingerprint density at radius 3 is 2.75 bits per heavy atom. The van der Waals surface area contributed by atoms with Crippen LogP contribution in [0.25, 0.3) is 0 Å². The molecule has 0 atom stereocenters. The molecule has 6 heteroatoms. The minimum atomic E-state index is -1.10. The van der Waals surface area contributed by atoms with Crippen molar-refractivity contribution >= 4 is 21.7 Å². The van der Waals surface area contributed by atoms with Crippen molar-refractivity contribution in [3.63, 3.8) is 0 Å². The molecule has 0 saturated heterocycles. The fourth-order valence-corrected chi connectivity index (χ4v) is 2.43. The van der Waals surface area contributed by atoms with Crippen LogP contribution in [0.15, 0.2) is 22.7 Å². The van der Waals surface area contributed by atoms with Crippen LogP contribution < -0.4 is 0 Å². The van der Waals surface area contributed by atoms with Gasteiger partial charge in [-0.1, -0.05) is 6.07 Å². The monoisotopic (exact) mass is 342 g/mol. The molecular weight excluding hydrogens is 330 g/mol. The van der Waals surface area contributed by atoms with Gasteiger partial charge in [0.2, 0.25) is 0 Å². The molecule has 1 aromatic carbocycles. The van der Waals surface area contributed by atoms with Crippen LogP contribution >= 0.6 is 15.9 Å². The molecule has 1 heterocycles. The fourth-order valence-electron chi connectivity index (χ4n) is 2.00. The van der Waals surface area contributed by atoms with Gasteiger partial charge in [-0.15, -0.1) is 0 Å². The van der Waals surface area contributed by atoms with Crippen LogP contribution in [0.1, 0.15) is 28.7 Å². The summed E-state index contributed by atoms with van der Waals surface area (Å²) in [6.45, 7) is 4.31. The lowest BCUT2D eigenvalue weighted by atomic mass is 10.1. The molecule has 1 aromatic heterocycles. The number of halogens is 3. The minimum Gasteiger partial charge on any atom is -0.294 e. The van der Waals surface area contributed by atoms with Crippen molar-refractivity contribution in [2.75, 3.05) is 0 Å². The third kappa shape index (κ3) is 2.65. The van der Waals surface area contributed by atoms with Gasteiger partial charge in [0.1, 0.15) is 0 Å². The number of benzene rings is 1. The summed E-state index contributed by atoms with van der Waals surface area (Å²) in [5, 5.41) is 4.27. The van der Waals surface area contributed by atoms with E-state index in [1.54, 1.807) is 4.68 Å². The number of hydrogen-bond acceptors (Lipinski definition) is 2. The largest absolute Gasteiger partial charge is 0.294 e. The van der Waals surface area contributed by atoms with Gasteiger partial charge >= 0.3 is 0 Å². The number of rotatable bonds is 4. The second kappa shape index (κ2) is 5.83. The van der Waals surface area contributed by atoms with E-state index >= 15 is 0 Å². The minimum absolute atomic E-state index is 0.0321. The Hall–Kier alpha value is -1.56. The van der Waals surface area contributed by atoms with Crippen LogP contribution in [0.2, 0.25) is 0 Å². The first-order valence-electron chi connectivity index (χ1n) is 6.14. The maximum Gasteiger partial charge on any atom is 0.171 e. The van der Waals surface area contributed by atoms with E-state index in [1.807, 2.05) is 13.8 Å². The zero-order valence-electron chi connectivity index (χ0n) is 11.1. The number of hydrogen-bond donors (Lipinski definition) is 0. The number of Topliss-reactive ketones (excluding diaryl/α,β-unsaturated/α-hetero) is 1. The Morgan fingerprint density at radius 2 is 2.10 bits per heavy atom. The van der Waals surface area contributed by atoms with Gasteiger partial charge in [0.05, 0.1) is 27.8 Å². The highest BCUT2D eigenvalue weighted by Gasteiger charge is 2.20. The van der Waals surface area contributed by atoms with Gasteiger partial charge in [-0.2, -0.15) is 5.10 Å². The summed E-state index contributed by atoms with van der Waals surface area (Å²) in [5.74, 6) is -2.60. The Morgan fingerprint density at radius 1 is 1.40 bits per heavy atom. The molecule has 3 nitrogen and oxygen atoms in total. The van der Waals surface area contributed by atoms with Crippen molar-refractivity contribution in [2.24, 2.45) is 0 Å². The van der Waals surface area contributed by atoms with Crippen LogP contribution in [-0.4, -0.2) is 15.6 Å². The predicted molar refractivity (Wildman–Crippen MR) is 74.7 cm³/mol. The van der Waals surface area contributed by atoms with Crippen molar-refractivity contribution in [3.8, 4) is 0 Å². The smallest absolute Gasteiger partial charge is 0.171 e. The number of aromatic nitrogens is 2. The summed E-state index contributed by atoms with van der Waals surface area (Å²) < 4.78 is 29.2. The molecule has 0 aliphatic heterocycles. The molecule has 20 heavy (non-hydrogen) atoms. The lowest BCUT2D eigenvalue weighted by Crippen LogP contribution is -2.12.